The minimum absolute atomic E-state index is 0.0455. The van der Waals surface area contributed by atoms with Gasteiger partial charge in [-0.05, 0) is 19.3 Å². The molecule has 0 saturated heterocycles. The van der Waals surface area contributed by atoms with Crippen LogP contribution in [-0.2, 0) is 13.5 Å². The highest BCUT2D eigenvalue weighted by Crippen LogP contribution is 2.20. The Hall–Kier alpha value is -1.52. The lowest BCUT2D eigenvalue weighted by Gasteiger charge is -2.26. The summed E-state index contributed by atoms with van der Waals surface area (Å²) in [6.45, 7) is 6.15. The molecule has 5 heteroatoms. The Morgan fingerprint density at radius 3 is 2.33 bits per heavy atom. The Kier molecular flexibility index (Phi) is 4.76. The molecule has 0 fully saturated rings. The molecule has 0 aliphatic rings. The zero-order valence-electron chi connectivity index (χ0n) is 12.0. The number of hydrogen-bond donors (Lipinski definition) is 1. The van der Waals surface area contributed by atoms with Crippen LogP contribution < -0.4 is 5.73 Å². The summed E-state index contributed by atoms with van der Waals surface area (Å²) in [5.41, 5.74) is 7.81. The fraction of sp³-hybridized carbons (Fsp3) is 0.692. The SMILES string of the molecule is CCc1nn(C)c(C(=O)N(C)C(CC)CC)c1N. The van der Waals surface area contributed by atoms with Gasteiger partial charge in [-0.2, -0.15) is 5.10 Å². The molecule has 0 aliphatic carbocycles. The minimum atomic E-state index is -0.0455. The van der Waals surface area contributed by atoms with Crippen LogP contribution in [0.4, 0.5) is 5.69 Å². The Bertz CT molecular complexity index is 421. The van der Waals surface area contributed by atoms with Gasteiger partial charge >= 0.3 is 0 Å². The number of aryl methyl sites for hydroxylation is 2. The number of nitrogen functional groups attached to an aromatic ring is 1. The van der Waals surface area contributed by atoms with Gasteiger partial charge in [0.15, 0.2) is 0 Å². The van der Waals surface area contributed by atoms with Crippen molar-refractivity contribution in [1.82, 2.24) is 14.7 Å². The smallest absolute Gasteiger partial charge is 0.274 e. The Morgan fingerprint density at radius 1 is 1.39 bits per heavy atom. The van der Waals surface area contributed by atoms with E-state index < -0.39 is 0 Å². The minimum Gasteiger partial charge on any atom is -0.395 e. The molecular weight excluding hydrogens is 228 g/mol. The first-order valence-corrected chi connectivity index (χ1v) is 6.56. The zero-order valence-corrected chi connectivity index (χ0v) is 12.0. The molecule has 5 nitrogen and oxygen atoms in total. The third-order valence-corrected chi connectivity index (χ3v) is 3.51. The lowest BCUT2D eigenvalue weighted by Crippen LogP contribution is -2.37. The van der Waals surface area contributed by atoms with E-state index in [-0.39, 0.29) is 11.9 Å². The summed E-state index contributed by atoms with van der Waals surface area (Å²) in [6, 6.07) is 0.247. The van der Waals surface area contributed by atoms with Crippen LogP contribution in [0, 0.1) is 0 Å². The maximum Gasteiger partial charge on any atom is 0.274 e. The summed E-state index contributed by atoms with van der Waals surface area (Å²) in [5, 5.41) is 4.29. The fourth-order valence-electron chi connectivity index (χ4n) is 2.28. The van der Waals surface area contributed by atoms with Gasteiger partial charge in [0.1, 0.15) is 5.69 Å². The van der Waals surface area contributed by atoms with E-state index in [4.69, 9.17) is 5.73 Å². The summed E-state index contributed by atoms with van der Waals surface area (Å²) in [4.78, 5) is 14.2. The Morgan fingerprint density at radius 2 is 1.94 bits per heavy atom. The van der Waals surface area contributed by atoms with Crippen LogP contribution in [0.15, 0.2) is 0 Å². The quantitative estimate of drug-likeness (QED) is 0.869. The number of aromatic nitrogens is 2. The van der Waals surface area contributed by atoms with E-state index in [2.05, 4.69) is 18.9 Å². The highest BCUT2D eigenvalue weighted by Gasteiger charge is 2.25. The Balaban J connectivity index is 3.07. The lowest BCUT2D eigenvalue weighted by atomic mass is 10.1. The van der Waals surface area contributed by atoms with Crippen LogP contribution in [0.2, 0.25) is 0 Å². The first-order valence-electron chi connectivity index (χ1n) is 6.56. The molecule has 1 aromatic rings. The molecule has 0 saturated carbocycles. The van der Waals surface area contributed by atoms with Crippen LogP contribution in [0.25, 0.3) is 0 Å². The average molecular weight is 252 g/mol. The second-order valence-electron chi connectivity index (χ2n) is 4.57. The van der Waals surface area contributed by atoms with Crippen LogP contribution in [0.1, 0.15) is 49.8 Å². The van der Waals surface area contributed by atoms with Crippen molar-refractivity contribution in [3.05, 3.63) is 11.4 Å². The van der Waals surface area contributed by atoms with Gasteiger partial charge in [0.25, 0.3) is 5.91 Å². The van der Waals surface area contributed by atoms with Gasteiger partial charge in [0.05, 0.1) is 11.4 Å². The van der Waals surface area contributed by atoms with Crippen molar-refractivity contribution in [2.45, 2.75) is 46.1 Å². The largest absolute Gasteiger partial charge is 0.395 e. The first kappa shape index (κ1) is 14.5. The van der Waals surface area contributed by atoms with E-state index >= 15 is 0 Å². The monoisotopic (exact) mass is 252 g/mol. The summed E-state index contributed by atoms with van der Waals surface area (Å²) >= 11 is 0. The number of nitrogens with zero attached hydrogens (tertiary/aromatic N) is 3. The van der Waals surface area contributed by atoms with Gasteiger partial charge in [0, 0.05) is 20.1 Å². The number of rotatable bonds is 5. The van der Waals surface area contributed by atoms with Crippen molar-refractivity contribution in [2.24, 2.45) is 7.05 Å². The standard InChI is InChI=1S/C13H24N4O/c1-6-9(7-2)16(4)13(18)12-11(14)10(8-3)15-17(12)5/h9H,6-8,14H2,1-5H3. The predicted octanol–water partition coefficient (Wildman–Crippen LogP) is 1.83. The first-order chi connectivity index (χ1) is 8.47. The van der Waals surface area contributed by atoms with Crippen molar-refractivity contribution in [3.63, 3.8) is 0 Å². The van der Waals surface area contributed by atoms with Crippen LogP contribution in [0.3, 0.4) is 0 Å². The van der Waals surface area contributed by atoms with Crippen LogP contribution in [0.5, 0.6) is 0 Å². The number of carbonyl (C=O) groups is 1. The van der Waals surface area contributed by atoms with Crippen molar-refractivity contribution < 1.29 is 4.79 Å². The molecule has 0 aromatic carbocycles. The van der Waals surface area contributed by atoms with Crippen molar-refractivity contribution in [3.8, 4) is 0 Å². The van der Waals surface area contributed by atoms with Crippen molar-refractivity contribution in [1.29, 1.82) is 0 Å². The van der Waals surface area contributed by atoms with Gasteiger partial charge in [-0.3, -0.25) is 9.48 Å². The highest BCUT2D eigenvalue weighted by atomic mass is 16.2. The van der Waals surface area contributed by atoms with Crippen LogP contribution in [-0.4, -0.2) is 33.7 Å². The maximum atomic E-state index is 12.5. The average Bonchev–Trinajstić information content (AvgIpc) is 2.64. The molecule has 0 atom stereocenters. The molecule has 18 heavy (non-hydrogen) atoms. The number of carbonyl (C=O) groups excluding carboxylic acids is 1. The molecule has 2 N–H and O–H groups in total. The predicted molar refractivity (Wildman–Crippen MR) is 73.5 cm³/mol. The molecule has 1 aromatic heterocycles. The highest BCUT2D eigenvalue weighted by molar-refractivity contribution is 5.98. The second kappa shape index (κ2) is 5.89. The Labute approximate surface area is 109 Å². The molecule has 0 aliphatic heterocycles. The topological polar surface area (TPSA) is 64.2 Å². The molecule has 0 radical (unpaired) electrons. The molecule has 102 valence electrons. The van der Waals surface area contributed by atoms with E-state index in [1.54, 1.807) is 16.6 Å². The summed E-state index contributed by atoms with van der Waals surface area (Å²) in [6.07, 6.45) is 2.62. The molecule has 0 bridgehead atoms. The fourth-order valence-corrected chi connectivity index (χ4v) is 2.28. The second-order valence-corrected chi connectivity index (χ2v) is 4.57. The van der Waals surface area contributed by atoms with Gasteiger partial charge in [0.2, 0.25) is 0 Å². The summed E-state index contributed by atoms with van der Waals surface area (Å²) < 4.78 is 1.59. The molecule has 0 spiro atoms. The normalized spacial score (nSPS) is 11.0. The third-order valence-electron chi connectivity index (χ3n) is 3.51. The zero-order chi connectivity index (χ0) is 13.9. The molecule has 1 amide bonds. The van der Waals surface area contributed by atoms with Gasteiger partial charge < -0.3 is 10.6 Å². The van der Waals surface area contributed by atoms with E-state index in [9.17, 15) is 4.79 Å². The summed E-state index contributed by atoms with van der Waals surface area (Å²) in [7, 11) is 3.60. The number of amides is 1. The molecule has 0 unspecified atom stereocenters. The van der Waals surface area contributed by atoms with Crippen molar-refractivity contribution in [2.75, 3.05) is 12.8 Å². The van der Waals surface area contributed by atoms with E-state index in [0.717, 1.165) is 25.0 Å². The van der Waals surface area contributed by atoms with Crippen molar-refractivity contribution >= 4 is 11.6 Å². The van der Waals surface area contributed by atoms with E-state index in [1.807, 2.05) is 14.0 Å². The maximum absolute atomic E-state index is 12.5. The molecule has 1 rings (SSSR count). The lowest BCUT2D eigenvalue weighted by molar-refractivity contribution is 0.0713. The summed E-state index contributed by atoms with van der Waals surface area (Å²) in [5.74, 6) is -0.0455. The number of anilines is 1. The molecule has 1 heterocycles. The van der Waals surface area contributed by atoms with Gasteiger partial charge in [-0.15, -0.1) is 0 Å². The number of nitrogens with two attached hydrogens (primary N) is 1. The van der Waals surface area contributed by atoms with E-state index in [0.29, 0.717) is 11.4 Å². The number of hydrogen-bond acceptors (Lipinski definition) is 3. The van der Waals surface area contributed by atoms with Gasteiger partial charge in [-0.1, -0.05) is 20.8 Å². The third kappa shape index (κ3) is 2.49. The van der Waals surface area contributed by atoms with Gasteiger partial charge in [-0.25, -0.2) is 0 Å². The molecular formula is C13H24N4O. The van der Waals surface area contributed by atoms with Crippen LogP contribution >= 0.6 is 0 Å². The van der Waals surface area contributed by atoms with E-state index in [1.165, 1.54) is 0 Å².